The van der Waals surface area contributed by atoms with Crippen LogP contribution in [0.1, 0.15) is 80.7 Å². The fourth-order valence-electron chi connectivity index (χ4n) is 4.62. The van der Waals surface area contributed by atoms with E-state index < -0.39 is 41.1 Å². The van der Waals surface area contributed by atoms with E-state index in [2.05, 4.69) is 27.5 Å². The molecule has 3 N–H and O–H groups in total. The molecule has 0 saturated heterocycles. The van der Waals surface area contributed by atoms with Crippen LogP contribution in [-0.2, 0) is 25.4 Å². The second kappa shape index (κ2) is 17.1. The largest absolute Gasteiger partial charge is 0.444 e. The molecule has 0 aliphatic heterocycles. The van der Waals surface area contributed by atoms with Gasteiger partial charge in [-0.1, -0.05) is 24.3 Å². The third kappa shape index (κ3) is 13.8. The zero-order valence-corrected chi connectivity index (χ0v) is 30.2. The number of aromatic nitrogens is 1. The Kier molecular flexibility index (Phi) is 14.2. The van der Waals surface area contributed by atoms with Crippen LogP contribution >= 0.6 is 0 Å². The van der Waals surface area contributed by atoms with E-state index in [1.165, 1.54) is 4.57 Å². The highest BCUT2D eigenvalue weighted by Gasteiger charge is 2.25. The summed E-state index contributed by atoms with van der Waals surface area (Å²) in [4.78, 5) is 57.4. The Balaban J connectivity index is 2.13. The molecule has 0 saturated carbocycles. The van der Waals surface area contributed by atoms with Crippen molar-refractivity contribution in [1.29, 1.82) is 0 Å². The first-order chi connectivity index (χ1) is 22.2. The summed E-state index contributed by atoms with van der Waals surface area (Å²) in [6.07, 6.45) is 2.81. The number of guanidine groups is 1. The molecule has 1 heterocycles. The summed E-state index contributed by atoms with van der Waals surface area (Å²) in [7, 11) is 1.71. The Morgan fingerprint density at radius 1 is 0.917 bits per heavy atom. The van der Waals surface area contributed by atoms with Crippen molar-refractivity contribution in [2.75, 3.05) is 26.7 Å². The minimum absolute atomic E-state index is 0.115. The molecule has 1 aromatic heterocycles. The van der Waals surface area contributed by atoms with Crippen molar-refractivity contribution in [2.45, 2.75) is 104 Å². The molecule has 48 heavy (non-hydrogen) atoms. The van der Waals surface area contributed by atoms with Gasteiger partial charge in [0.2, 0.25) is 11.9 Å². The highest BCUT2D eigenvalue weighted by Crippen LogP contribution is 2.24. The molecule has 0 fully saturated rings. The van der Waals surface area contributed by atoms with Crippen LogP contribution in [0.15, 0.2) is 48.1 Å². The molecule has 2 rings (SSSR count). The lowest BCUT2D eigenvalue weighted by Crippen LogP contribution is -2.47. The second-order valence-electron chi connectivity index (χ2n) is 14.3. The van der Waals surface area contributed by atoms with Gasteiger partial charge in [0, 0.05) is 31.2 Å². The highest BCUT2D eigenvalue weighted by atomic mass is 16.6. The first-order valence-corrected chi connectivity index (χ1v) is 16.2. The number of carbonyl (C=O) groups is 4. The van der Waals surface area contributed by atoms with Crippen molar-refractivity contribution in [3.05, 3.63) is 48.7 Å². The van der Waals surface area contributed by atoms with Gasteiger partial charge in [-0.15, -0.1) is 6.58 Å². The Hall–Kier alpha value is -4.39. The molecular formula is C35H54N6O7. The summed E-state index contributed by atoms with van der Waals surface area (Å²) in [5.74, 6) is -0.235. The number of hydrogen-bond acceptors (Lipinski definition) is 9. The van der Waals surface area contributed by atoms with Crippen LogP contribution in [0, 0.1) is 0 Å². The van der Waals surface area contributed by atoms with Gasteiger partial charge in [0.15, 0.2) is 0 Å². The summed E-state index contributed by atoms with van der Waals surface area (Å²) >= 11 is 0. The fraction of sp³-hybridized carbons (Fsp3) is 0.571. The minimum atomic E-state index is -0.783. The normalized spacial score (nSPS) is 12.5. The van der Waals surface area contributed by atoms with Gasteiger partial charge < -0.3 is 24.4 Å². The number of ether oxygens (including phenoxy) is 3. The highest BCUT2D eigenvalue weighted by molar-refractivity contribution is 6.01. The van der Waals surface area contributed by atoms with Crippen molar-refractivity contribution >= 4 is 41.0 Å². The number of hydrogen-bond donors (Lipinski definition) is 3. The van der Waals surface area contributed by atoms with E-state index in [9.17, 15) is 19.2 Å². The maximum absolute atomic E-state index is 13.7. The number of rotatable bonds is 11. The Morgan fingerprint density at radius 2 is 1.48 bits per heavy atom. The average Bonchev–Trinajstić information content (AvgIpc) is 3.31. The second-order valence-corrected chi connectivity index (χ2v) is 14.3. The number of fused-ring (bicyclic) bond motifs is 1. The van der Waals surface area contributed by atoms with Gasteiger partial charge in [-0.05, 0) is 100 Å². The number of para-hydroxylation sites is 1. The summed E-state index contributed by atoms with van der Waals surface area (Å²) in [6.45, 7) is 20.5. The first kappa shape index (κ1) is 39.8. The van der Waals surface area contributed by atoms with Gasteiger partial charge in [-0.3, -0.25) is 25.0 Å². The molecule has 0 bridgehead atoms. The maximum atomic E-state index is 13.7. The quantitative estimate of drug-likeness (QED) is 0.0898. The molecule has 2 aromatic rings. The fourth-order valence-corrected chi connectivity index (χ4v) is 4.62. The van der Waals surface area contributed by atoms with Gasteiger partial charge >= 0.3 is 18.3 Å². The number of amides is 3. The number of nitrogens with zero attached hydrogens (tertiary/aromatic N) is 3. The number of carbonyl (C=O) groups excluding carboxylic acids is 4. The van der Waals surface area contributed by atoms with E-state index in [1.54, 1.807) is 65.8 Å². The van der Waals surface area contributed by atoms with Crippen molar-refractivity contribution in [1.82, 2.24) is 25.4 Å². The molecule has 13 heteroatoms. The standard InChI is InChI=1S/C35H54N6O7/c1-12-21-40(22-19-24-23-41(32(45)48-35(8,9)10)27-18-14-13-16-25(24)27)28(42)26(36-11)17-15-20-37-29(38-30(43)46-33(2,3)4)39-31(44)47-34(5,6)7/h12-14,16,18,23,26,36H,1,15,17,19-22H2,2-11H3,(H2,37,38,39,43,44)/t26-/m0/s1. The van der Waals surface area contributed by atoms with Crippen LogP contribution in [0.3, 0.4) is 0 Å². The van der Waals surface area contributed by atoms with Gasteiger partial charge in [-0.2, -0.15) is 0 Å². The lowest BCUT2D eigenvalue weighted by Gasteiger charge is -2.26. The van der Waals surface area contributed by atoms with E-state index in [0.717, 1.165) is 16.5 Å². The molecule has 0 unspecified atom stereocenters. The van der Waals surface area contributed by atoms with Crippen LogP contribution in [0.25, 0.3) is 10.9 Å². The maximum Gasteiger partial charge on any atom is 0.419 e. The predicted molar refractivity (Wildman–Crippen MR) is 187 cm³/mol. The van der Waals surface area contributed by atoms with Crippen LogP contribution in [0.5, 0.6) is 0 Å². The zero-order chi connectivity index (χ0) is 36.3. The Morgan fingerprint density at radius 3 is 2.00 bits per heavy atom. The van der Waals surface area contributed by atoms with Crippen molar-refractivity contribution in [3.8, 4) is 0 Å². The van der Waals surface area contributed by atoms with E-state index in [1.807, 2.05) is 45.0 Å². The molecule has 0 aliphatic carbocycles. The van der Waals surface area contributed by atoms with Crippen LogP contribution in [0.2, 0.25) is 0 Å². The summed E-state index contributed by atoms with van der Waals surface area (Å²) < 4.78 is 17.7. The monoisotopic (exact) mass is 670 g/mol. The predicted octanol–water partition coefficient (Wildman–Crippen LogP) is 5.76. The zero-order valence-electron chi connectivity index (χ0n) is 30.2. The third-order valence-corrected chi connectivity index (χ3v) is 6.50. The molecule has 1 atom stereocenters. The van der Waals surface area contributed by atoms with Crippen LogP contribution in [-0.4, -0.2) is 89.1 Å². The van der Waals surface area contributed by atoms with Crippen molar-refractivity contribution in [2.24, 2.45) is 4.99 Å². The minimum Gasteiger partial charge on any atom is -0.444 e. The number of aliphatic imine (C=N–C) groups is 1. The SMILES string of the molecule is C=CCN(CCc1cn(C(=O)OC(C)(C)C)c2ccccc12)C(=O)[C@H](CCCN=C(NC(=O)OC(C)(C)C)NC(=O)OC(C)(C)C)NC. The number of likely N-dealkylation sites (N-methyl/N-ethyl adjacent to an activating group) is 1. The molecule has 0 spiro atoms. The summed E-state index contributed by atoms with van der Waals surface area (Å²) in [5, 5.41) is 8.92. The molecule has 0 radical (unpaired) electrons. The van der Waals surface area contributed by atoms with Gasteiger partial charge in [0.05, 0.1) is 11.6 Å². The molecule has 13 nitrogen and oxygen atoms in total. The molecular weight excluding hydrogens is 616 g/mol. The van der Waals surface area contributed by atoms with Crippen molar-refractivity contribution in [3.63, 3.8) is 0 Å². The van der Waals surface area contributed by atoms with Gasteiger partial charge in [0.25, 0.3) is 0 Å². The van der Waals surface area contributed by atoms with Gasteiger partial charge in [-0.25, -0.2) is 14.4 Å². The van der Waals surface area contributed by atoms with Crippen LogP contribution in [0.4, 0.5) is 14.4 Å². The topological polar surface area (TPSA) is 153 Å². The average molecular weight is 671 g/mol. The number of alkyl carbamates (subject to hydrolysis) is 2. The number of benzene rings is 1. The summed E-state index contributed by atoms with van der Waals surface area (Å²) in [5.41, 5.74) is -0.509. The Bertz CT molecular complexity index is 1430. The third-order valence-electron chi connectivity index (χ3n) is 6.50. The lowest BCUT2D eigenvalue weighted by molar-refractivity contribution is -0.133. The Labute approximate surface area is 284 Å². The van der Waals surface area contributed by atoms with E-state index >= 15 is 0 Å². The first-order valence-electron chi connectivity index (χ1n) is 16.2. The van der Waals surface area contributed by atoms with Crippen LogP contribution < -0.4 is 16.0 Å². The van der Waals surface area contributed by atoms with Crippen molar-refractivity contribution < 1.29 is 33.4 Å². The van der Waals surface area contributed by atoms with E-state index in [0.29, 0.717) is 32.4 Å². The molecule has 1 aromatic carbocycles. The molecule has 3 amide bonds. The summed E-state index contributed by atoms with van der Waals surface area (Å²) in [6, 6.07) is 7.07. The smallest absolute Gasteiger partial charge is 0.419 e. The molecule has 0 aliphatic rings. The van der Waals surface area contributed by atoms with Gasteiger partial charge in [0.1, 0.15) is 16.8 Å². The lowest BCUT2D eigenvalue weighted by atomic mass is 10.1. The number of nitrogens with one attached hydrogen (secondary N) is 3. The van der Waals surface area contributed by atoms with E-state index in [-0.39, 0.29) is 18.4 Å². The van der Waals surface area contributed by atoms with E-state index in [4.69, 9.17) is 14.2 Å². The molecule has 266 valence electrons.